The van der Waals surface area contributed by atoms with Crippen LogP contribution in [0.25, 0.3) is 11.3 Å². The number of carbonyl (C=O) groups excluding carboxylic acids is 2. The summed E-state index contributed by atoms with van der Waals surface area (Å²) in [6.45, 7) is 2.37. The quantitative estimate of drug-likeness (QED) is 0.498. The number of carbonyl (C=O) groups is 2. The number of amides is 2. The van der Waals surface area contributed by atoms with E-state index in [0.717, 1.165) is 17.7 Å². The summed E-state index contributed by atoms with van der Waals surface area (Å²) < 4.78 is 59.0. The van der Waals surface area contributed by atoms with Crippen LogP contribution < -0.4 is 15.8 Å². The standard InChI is InChI=1S/C23H22F4N4O3/c1-12-19(21(28)32)20(30-31(12)13(2)23(25,26)27)15-6-4-14(5-7-15)11-29-22(33)17-10-16(24)8-9-18(17)34-3/h4-10,13H,11H2,1-3H3,(H2,28,32)(H,29,33)/t13-/m0/s1. The van der Waals surface area contributed by atoms with Gasteiger partial charge in [-0.2, -0.15) is 18.3 Å². The van der Waals surface area contributed by atoms with E-state index in [1.807, 2.05) is 0 Å². The van der Waals surface area contributed by atoms with Crippen molar-refractivity contribution in [3.8, 4) is 17.0 Å². The lowest BCUT2D eigenvalue weighted by Crippen LogP contribution is -2.26. The largest absolute Gasteiger partial charge is 0.496 e. The number of nitrogens with one attached hydrogen (secondary N) is 1. The number of nitrogens with zero attached hydrogens (tertiary/aromatic N) is 2. The molecule has 11 heteroatoms. The fourth-order valence-electron chi connectivity index (χ4n) is 3.45. The Balaban J connectivity index is 1.83. The minimum absolute atomic E-state index is 0.00713. The fourth-order valence-corrected chi connectivity index (χ4v) is 3.45. The van der Waals surface area contributed by atoms with Crippen LogP contribution in [0, 0.1) is 12.7 Å². The lowest BCUT2D eigenvalue weighted by molar-refractivity contribution is -0.165. The third kappa shape index (κ3) is 5.03. The normalized spacial score (nSPS) is 12.3. The Kier molecular flexibility index (Phi) is 6.94. The Hall–Kier alpha value is -3.89. The van der Waals surface area contributed by atoms with Crippen LogP contribution in [0.1, 0.15) is 44.9 Å². The molecule has 0 spiro atoms. The van der Waals surface area contributed by atoms with E-state index in [1.54, 1.807) is 24.3 Å². The van der Waals surface area contributed by atoms with Gasteiger partial charge in [-0.05, 0) is 37.6 Å². The van der Waals surface area contributed by atoms with Gasteiger partial charge in [-0.3, -0.25) is 14.3 Å². The average Bonchev–Trinajstić information content (AvgIpc) is 3.13. The highest BCUT2D eigenvalue weighted by molar-refractivity contribution is 6.00. The third-order valence-electron chi connectivity index (χ3n) is 5.32. The summed E-state index contributed by atoms with van der Waals surface area (Å²) in [6, 6.07) is 7.97. The molecule has 0 saturated heterocycles. The molecule has 34 heavy (non-hydrogen) atoms. The van der Waals surface area contributed by atoms with Gasteiger partial charge in [-0.15, -0.1) is 0 Å². The number of hydrogen-bond donors (Lipinski definition) is 2. The van der Waals surface area contributed by atoms with Gasteiger partial charge in [-0.25, -0.2) is 4.39 Å². The molecule has 0 unspecified atom stereocenters. The maximum atomic E-state index is 13.5. The second-order valence-electron chi connectivity index (χ2n) is 7.56. The predicted molar refractivity (Wildman–Crippen MR) is 116 cm³/mol. The number of primary amides is 1. The van der Waals surface area contributed by atoms with E-state index in [9.17, 15) is 27.2 Å². The molecule has 3 rings (SSSR count). The summed E-state index contributed by atoms with van der Waals surface area (Å²) in [5.41, 5.74) is 6.41. The Bertz CT molecular complexity index is 1220. The molecule has 0 aliphatic carbocycles. The summed E-state index contributed by atoms with van der Waals surface area (Å²) in [5, 5.41) is 6.66. The number of methoxy groups -OCH3 is 1. The number of alkyl halides is 3. The van der Waals surface area contributed by atoms with Crippen LogP contribution in [0.15, 0.2) is 42.5 Å². The molecule has 180 valence electrons. The zero-order valence-electron chi connectivity index (χ0n) is 18.5. The topological polar surface area (TPSA) is 99.2 Å². The van der Waals surface area contributed by atoms with Gasteiger partial charge < -0.3 is 15.8 Å². The van der Waals surface area contributed by atoms with Crippen molar-refractivity contribution in [2.45, 2.75) is 32.6 Å². The minimum Gasteiger partial charge on any atom is -0.496 e. The Labute approximate surface area is 192 Å². The molecule has 2 amide bonds. The van der Waals surface area contributed by atoms with Gasteiger partial charge in [0, 0.05) is 17.8 Å². The molecule has 2 aromatic carbocycles. The van der Waals surface area contributed by atoms with Gasteiger partial charge in [-0.1, -0.05) is 24.3 Å². The van der Waals surface area contributed by atoms with E-state index in [0.29, 0.717) is 11.1 Å². The van der Waals surface area contributed by atoms with E-state index in [-0.39, 0.29) is 34.8 Å². The lowest BCUT2D eigenvalue weighted by atomic mass is 10.0. The SMILES string of the molecule is COc1ccc(F)cc1C(=O)NCc1ccc(-c2nn([C@@H](C)C(F)(F)F)c(C)c2C(N)=O)cc1. The van der Waals surface area contributed by atoms with Crippen molar-refractivity contribution in [2.75, 3.05) is 7.11 Å². The van der Waals surface area contributed by atoms with Crippen molar-refractivity contribution in [3.63, 3.8) is 0 Å². The molecule has 0 bridgehead atoms. The first-order valence-electron chi connectivity index (χ1n) is 10.1. The minimum atomic E-state index is -4.56. The second-order valence-corrected chi connectivity index (χ2v) is 7.56. The number of hydrogen-bond acceptors (Lipinski definition) is 4. The van der Waals surface area contributed by atoms with Gasteiger partial charge in [0.2, 0.25) is 0 Å². The molecule has 1 atom stereocenters. The summed E-state index contributed by atoms with van der Waals surface area (Å²) >= 11 is 0. The molecule has 7 nitrogen and oxygen atoms in total. The smallest absolute Gasteiger partial charge is 0.410 e. The molecule has 0 radical (unpaired) electrons. The van der Waals surface area contributed by atoms with Gasteiger partial charge in [0.05, 0.1) is 18.2 Å². The Morgan fingerprint density at radius 1 is 1.18 bits per heavy atom. The zero-order chi connectivity index (χ0) is 25.2. The van der Waals surface area contributed by atoms with E-state index in [4.69, 9.17) is 10.5 Å². The summed E-state index contributed by atoms with van der Waals surface area (Å²) in [5.74, 6) is -1.82. The van der Waals surface area contributed by atoms with Gasteiger partial charge in [0.1, 0.15) is 23.3 Å². The van der Waals surface area contributed by atoms with E-state index < -0.39 is 29.8 Å². The number of rotatable bonds is 7. The predicted octanol–water partition coefficient (Wildman–Crippen LogP) is 4.16. The molecule has 0 aliphatic heterocycles. The van der Waals surface area contributed by atoms with E-state index >= 15 is 0 Å². The molecule has 0 saturated carbocycles. The second kappa shape index (κ2) is 9.54. The van der Waals surface area contributed by atoms with Crippen LogP contribution in [0.5, 0.6) is 5.75 Å². The number of nitrogens with two attached hydrogens (primary N) is 1. The van der Waals surface area contributed by atoms with Crippen molar-refractivity contribution in [1.82, 2.24) is 15.1 Å². The Morgan fingerprint density at radius 3 is 2.38 bits per heavy atom. The monoisotopic (exact) mass is 478 g/mol. The molecule has 1 heterocycles. The van der Waals surface area contributed by atoms with Crippen LogP contribution in [0.3, 0.4) is 0 Å². The van der Waals surface area contributed by atoms with Crippen molar-refractivity contribution in [1.29, 1.82) is 0 Å². The highest BCUT2D eigenvalue weighted by Crippen LogP contribution is 2.34. The summed E-state index contributed by atoms with van der Waals surface area (Å²) in [7, 11) is 1.36. The molecule has 0 fully saturated rings. The maximum Gasteiger partial charge on any atom is 0.410 e. The van der Waals surface area contributed by atoms with Crippen LogP contribution in [-0.2, 0) is 6.54 Å². The first-order chi connectivity index (χ1) is 15.9. The van der Waals surface area contributed by atoms with Gasteiger partial charge in [0.15, 0.2) is 0 Å². The molecular formula is C23H22F4N4O3. The number of aromatic nitrogens is 2. The van der Waals surface area contributed by atoms with Crippen molar-refractivity contribution < 1.29 is 31.9 Å². The van der Waals surface area contributed by atoms with E-state index in [2.05, 4.69) is 10.4 Å². The highest BCUT2D eigenvalue weighted by Gasteiger charge is 2.40. The summed E-state index contributed by atoms with van der Waals surface area (Å²) in [6.07, 6.45) is -4.56. The molecule has 3 aromatic rings. The summed E-state index contributed by atoms with van der Waals surface area (Å²) in [4.78, 5) is 24.4. The van der Waals surface area contributed by atoms with Crippen molar-refractivity contribution in [2.24, 2.45) is 5.73 Å². The lowest BCUT2D eigenvalue weighted by Gasteiger charge is -2.17. The molecule has 3 N–H and O–H groups in total. The molecule has 1 aromatic heterocycles. The fraction of sp³-hybridized carbons (Fsp3) is 0.261. The van der Waals surface area contributed by atoms with Crippen molar-refractivity contribution in [3.05, 3.63) is 70.7 Å². The number of benzene rings is 2. The van der Waals surface area contributed by atoms with Crippen LogP contribution in [0.4, 0.5) is 17.6 Å². The Morgan fingerprint density at radius 2 is 1.82 bits per heavy atom. The first-order valence-corrected chi connectivity index (χ1v) is 10.1. The van der Waals surface area contributed by atoms with Crippen molar-refractivity contribution >= 4 is 11.8 Å². The third-order valence-corrected chi connectivity index (χ3v) is 5.32. The first kappa shape index (κ1) is 24.7. The van der Waals surface area contributed by atoms with Crippen LogP contribution in [-0.4, -0.2) is 34.9 Å². The average molecular weight is 478 g/mol. The molecular weight excluding hydrogens is 456 g/mol. The maximum absolute atomic E-state index is 13.5. The van der Waals surface area contributed by atoms with Crippen LogP contribution in [0.2, 0.25) is 0 Å². The number of halogens is 4. The van der Waals surface area contributed by atoms with Gasteiger partial charge in [0.25, 0.3) is 11.8 Å². The van der Waals surface area contributed by atoms with E-state index in [1.165, 1.54) is 26.2 Å². The van der Waals surface area contributed by atoms with Crippen LogP contribution >= 0.6 is 0 Å². The number of ether oxygens (including phenoxy) is 1. The zero-order valence-corrected chi connectivity index (χ0v) is 18.5. The molecule has 0 aliphatic rings. The van der Waals surface area contributed by atoms with Gasteiger partial charge >= 0.3 is 6.18 Å². The highest BCUT2D eigenvalue weighted by atomic mass is 19.4.